The molecule has 2 aliphatic heterocycles. The first-order valence-corrected chi connectivity index (χ1v) is 6.50. The highest BCUT2D eigenvalue weighted by atomic mass is 32.2. The second-order valence-corrected chi connectivity index (χ2v) is 5.88. The standard InChI is InChI=1S/C11H18N2OS/c1-8-7-9(2)15-11(8)13-5-3-10(12-14)4-6-13/h7-8,10-11H,3-6H2,1-2H3. The van der Waals surface area contributed by atoms with Crippen molar-refractivity contribution < 1.29 is 0 Å². The predicted octanol–water partition coefficient (Wildman–Crippen LogP) is 2.83. The maximum absolute atomic E-state index is 10.4. The van der Waals surface area contributed by atoms with E-state index >= 15 is 0 Å². The summed E-state index contributed by atoms with van der Waals surface area (Å²) in [5, 5.41) is 3.74. The van der Waals surface area contributed by atoms with E-state index < -0.39 is 0 Å². The van der Waals surface area contributed by atoms with Gasteiger partial charge in [0.15, 0.2) is 0 Å². The molecule has 2 heterocycles. The van der Waals surface area contributed by atoms with Crippen LogP contribution in [0.5, 0.6) is 0 Å². The molecule has 0 spiro atoms. The topological polar surface area (TPSA) is 32.7 Å². The minimum Gasteiger partial charge on any atom is -0.291 e. The second kappa shape index (κ2) is 4.66. The van der Waals surface area contributed by atoms with Crippen molar-refractivity contribution in [2.45, 2.75) is 38.1 Å². The van der Waals surface area contributed by atoms with Crippen LogP contribution >= 0.6 is 11.8 Å². The molecule has 0 aromatic rings. The molecule has 2 atom stereocenters. The average molecular weight is 226 g/mol. The Bertz CT molecular complexity index is 272. The molecule has 1 fully saturated rings. The molecule has 3 nitrogen and oxygen atoms in total. The first kappa shape index (κ1) is 11.1. The number of hydrogen-bond acceptors (Lipinski definition) is 4. The zero-order chi connectivity index (χ0) is 10.8. The minimum atomic E-state index is 0.0667. The number of likely N-dealkylation sites (tertiary alicyclic amines) is 1. The summed E-state index contributed by atoms with van der Waals surface area (Å²) >= 11 is 1.97. The zero-order valence-electron chi connectivity index (χ0n) is 9.35. The van der Waals surface area contributed by atoms with Crippen molar-refractivity contribution in [1.29, 1.82) is 0 Å². The summed E-state index contributed by atoms with van der Waals surface area (Å²) in [5.74, 6) is 0.635. The van der Waals surface area contributed by atoms with Gasteiger partial charge in [-0.05, 0) is 24.7 Å². The molecule has 1 saturated heterocycles. The molecule has 0 N–H and O–H groups in total. The summed E-state index contributed by atoms with van der Waals surface area (Å²) in [6.07, 6.45) is 4.22. The Morgan fingerprint density at radius 3 is 2.60 bits per heavy atom. The SMILES string of the molecule is CC1=CC(C)C(N2CCC(N=O)CC2)S1. The van der Waals surface area contributed by atoms with Gasteiger partial charge in [0, 0.05) is 19.0 Å². The van der Waals surface area contributed by atoms with Gasteiger partial charge in [-0.2, -0.15) is 4.91 Å². The molecular formula is C11H18N2OS. The van der Waals surface area contributed by atoms with E-state index in [2.05, 4.69) is 30.0 Å². The van der Waals surface area contributed by atoms with Crippen molar-refractivity contribution in [2.75, 3.05) is 13.1 Å². The van der Waals surface area contributed by atoms with Crippen LogP contribution in [0.15, 0.2) is 16.2 Å². The monoisotopic (exact) mass is 226 g/mol. The first-order chi connectivity index (χ1) is 7.20. The molecule has 84 valence electrons. The maximum Gasteiger partial charge on any atom is 0.0944 e. The van der Waals surface area contributed by atoms with Crippen molar-refractivity contribution in [3.8, 4) is 0 Å². The highest BCUT2D eigenvalue weighted by Crippen LogP contribution is 2.39. The molecular weight excluding hydrogens is 208 g/mol. The van der Waals surface area contributed by atoms with Gasteiger partial charge in [-0.15, -0.1) is 11.8 Å². The van der Waals surface area contributed by atoms with E-state index in [1.54, 1.807) is 0 Å². The molecule has 2 aliphatic rings. The summed E-state index contributed by atoms with van der Waals surface area (Å²) in [6.45, 7) is 6.51. The fourth-order valence-corrected chi connectivity index (χ4v) is 3.77. The first-order valence-electron chi connectivity index (χ1n) is 5.62. The molecule has 2 rings (SSSR count). The Kier molecular flexibility index (Phi) is 3.46. The van der Waals surface area contributed by atoms with Crippen LogP contribution in [0.3, 0.4) is 0 Å². The Hall–Kier alpha value is -0.350. The van der Waals surface area contributed by atoms with Gasteiger partial charge >= 0.3 is 0 Å². The van der Waals surface area contributed by atoms with Crippen LogP contribution in [0.1, 0.15) is 26.7 Å². The number of thioether (sulfide) groups is 1. The number of allylic oxidation sites excluding steroid dienone is 1. The lowest BCUT2D eigenvalue weighted by Gasteiger charge is -2.35. The number of nitrogens with zero attached hydrogens (tertiary/aromatic N) is 2. The van der Waals surface area contributed by atoms with Crippen LogP contribution in [-0.2, 0) is 0 Å². The lowest BCUT2D eigenvalue weighted by molar-refractivity contribution is 0.182. The van der Waals surface area contributed by atoms with E-state index in [1.165, 1.54) is 4.91 Å². The van der Waals surface area contributed by atoms with Crippen LogP contribution in [0, 0.1) is 10.8 Å². The van der Waals surface area contributed by atoms with Gasteiger partial charge in [0.25, 0.3) is 0 Å². The van der Waals surface area contributed by atoms with Crippen LogP contribution < -0.4 is 0 Å². The highest BCUT2D eigenvalue weighted by molar-refractivity contribution is 8.03. The van der Waals surface area contributed by atoms with Crippen molar-refractivity contribution in [2.24, 2.45) is 11.1 Å². The van der Waals surface area contributed by atoms with Crippen LogP contribution in [0.2, 0.25) is 0 Å². The summed E-state index contributed by atoms with van der Waals surface area (Å²) in [7, 11) is 0. The fraction of sp³-hybridized carbons (Fsp3) is 0.818. The molecule has 0 radical (unpaired) electrons. The lowest BCUT2D eigenvalue weighted by atomic mass is 10.0. The molecule has 4 heteroatoms. The third-order valence-corrected chi connectivity index (χ3v) is 4.74. The molecule has 0 aromatic heterocycles. The molecule has 0 aromatic carbocycles. The quantitative estimate of drug-likeness (QED) is 0.679. The van der Waals surface area contributed by atoms with Gasteiger partial charge in [0.2, 0.25) is 0 Å². The van der Waals surface area contributed by atoms with E-state index in [0.717, 1.165) is 25.9 Å². The van der Waals surface area contributed by atoms with Gasteiger partial charge in [-0.25, -0.2) is 0 Å². The summed E-state index contributed by atoms with van der Waals surface area (Å²) in [6, 6.07) is 0.0667. The Morgan fingerprint density at radius 2 is 2.13 bits per heavy atom. The Morgan fingerprint density at radius 1 is 1.47 bits per heavy atom. The summed E-state index contributed by atoms with van der Waals surface area (Å²) < 4.78 is 0. The largest absolute Gasteiger partial charge is 0.291 e. The van der Waals surface area contributed by atoms with Crippen molar-refractivity contribution >= 4 is 11.8 Å². The van der Waals surface area contributed by atoms with Crippen LogP contribution in [-0.4, -0.2) is 29.4 Å². The predicted molar refractivity (Wildman–Crippen MR) is 64.7 cm³/mol. The molecule has 2 unspecified atom stereocenters. The van der Waals surface area contributed by atoms with E-state index in [4.69, 9.17) is 0 Å². The minimum absolute atomic E-state index is 0.0667. The third-order valence-electron chi connectivity index (χ3n) is 3.26. The van der Waals surface area contributed by atoms with Gasteiger partial charge < -0.3 is 0 Å². The zero-order valence-corrected chi connectivity index (χ0v) is 10.2. The summed E-state index contributed by atoms with van der Waals surface area (Å²) in [5.41, 5.74) is 0. The second-order valence-electron chi connectivity index (χ2n) is 4.52. The van der Waals surface area contributed by atoms with Crippen molar-refractivity contribution in [3.05, 3.63) is 15.9 Å². The molecule has 0 bridgehead atoms. The molecule has 0 amide bonds. The van der Waals surface area contributed by atoms with Gasteiger partial charge in [0.1, 0.15) is 0 Å². The van der Waals surface area contributed by atoms with E-state index in [9.17, 15) is 4.91 Å². The van der Waals surface area contributed by atoms with Crippen molar-refractivity contribution in [1.82, 2.24) is 4.90 Å². The van der Waals surface area contributed by atoms with Crippen molar-refractivity contribution in [3.63, 3.8) is 0 Å². The van der Waals surface area contributed by atoms with E-state index in [0.29, 0.717) is 11.3 Å². The van der Waals surface area contributed by atoms with E-state index in [-0.39, 0.29) is 6.04 Å². The van der Waals surface area contributed by atoms with Crippen LogP contribution in [0.25, 0.3) is 0 Å². The average Bonchev–Trinajstić information content (AvgIpc) is 2.58. The fourth-order valence-electron chi connectivity index (χ4n) is 2.44. The summed E-state index contributed by atoms with van der Waals surface area (Å²) in [4.78, 5) is 14.4. The Balaban J connectivity index is 1.89. The molecule has 0 saturated carbocycles. The van der Waals surface area contributed by atoms with Gasteiger partial charge in [-0.3, -0.25) is 4.90 Å². The number of nitroso groups, excluding NO2 is 1. The smallest absolute Gasteiger partial charge is 0.0944 e. The Labute approximate surface area is 95.3 Å². The molecule has 0 aliphatic carbocycles. The third kappa shape index (κ3) is 2.42. The lowest BCUT2D eigenvalue weighted by Crippen LogP contribution is -2.42. The van der Waals surface area contributed by atoms with Gasteiger partial charge in [0.05, 0.1) is 11.4 Å². The molecule has 15 heavy (non-hydrogen) atoms. The number of hydrogen-bond donors (Lipinski definition) is 0. The number of rotatable bonds is 2. The number of piperidine rings is 1. The highest BCUT2D eigenvalue weighted by Gasteiger charge is 2.31. The van der Waals surface area contributed by atoms with Gasteiger partial charge in [-0.1, -0.05) is 18.2 Å². The van der Waals surface area contributed by atoms with Crippen LogP contribution in [0.4, 0.5) is 0 Å². The van der Waals surface area contributed by atoms with E-state index in [1.807, 2.05) is 11.8 Å². The maximum atomic E-state index is 10.4. The normalized spacial score (nSPS) is 34.1.